The normalized spacial score (nSPS) is 17.8. The number of ether oxygens (including phenoxy) is 1. The van der Waals surface area contributed by atoms with Crippen molar-refractivity contribution in [1.29, 1.82) is 0 Å². The molecule has 4 heterocycles. The molecule has 25 heavy (non-hydrogen) atoms. The topological polar surface area (TPSA) is 73.2 Å². The van der Waals surface area contributed by atoms with Crippen LogP contribution in [-0.2, 0) is 22.7 Å². The van der Waals surface area contributed by atoms with Crippen molar-refractivity contribution in [3.8, 4) is 11.4 Å². The highest BCUT2D eigenvalue weighted by atomic mass is 16.5. The molecular formula is C19H15N3O3. The zero-order valence-electron chi connectivity index (χ0n) is 13.6. The lowest BCUT2D eigenvalue weighted by atomic mass is 9.98. The molecule has 0 saturated carbocycles. The summed E-state index contributed by atoms with van der Waals surface area (Å²) in [5, 5.41) is 3.99. The molecule has 1 aromatic carbocycles. The van der Waals surface area contributed by atoms with E-state index in [-0.39, 0.29) is 18.1 Å². The smallest absolute Gasteiger partial charge is 0.328 e. The molecule has 1 atom stereocenters. The Bertz CT molecular complexity index is 1120. The summed E-state index contributed by atoms with van der Waals surface area (Å²) in [7, 11) is 1.69. The number of cyclic esters (lactones) is 1. The molecule has 0 amide bonds. The number of carbonyl (C=O) groups is 1. The van der Waals surface area contributed by atoms with E-state index >= 15 is 0 Å². The molecule has 0 aliphatic carbocycles. The van der Waals surface area contributed by atoms with Crippen LogP contribution < -0.4 is 10.9 Å². The van der Waals surface area contributed by atoms with E-state index < -0.39 is 6.04 Å². The summed E-state index contributed by atoms with van der Waals surface area (Å²) in [4.78, 5) is 29.7. The van der Waals surface area contributed by atoms with Crippen LogP contribution in [0, 0.1) is 0 Å². The van der Waals surface area contributed by atoms with E-state index in [9.17, 15) is 9.59 Å². The third kappa shape index (κ3) is 1.91. The summed E-state index contributed by atoms with van der Waals surface area (Å²) in [6.45, 7) is 0.518. The number of fused-ring (bicyclic) bond motifs is 5. The monoisotopic (exact) mass is 333 g/mol. The summed E-state index contributed by atoms with van der Waals surface area (Å²) in [6.07, 6.45) is 0. The molecule has 1 N–H and O–H groups in total. The Kier molecular flexibility index (Phi) is 2.87. The van der Waals surface area contributed by atoms with Crippen molar-refractivity contribution in [2.45, 2.75) is 19.2 Å². The largest absolute Gasteiger partial charge is 0.459 e. The van der Waals surface area contributed by atoms with Gasteiger partial charge in [0.05, 0.1) is 29.0 Å². The van der Waals surface area contributed by atoms with Crippen LogP contribution in [0.5, 0.6) is 0 Å². The Morgan fingerprint density at radius 1 is 1.24 bits per heavy atom. The maximum absolute atomic E-state index is 13.0. The maximum Gasteiger partial charge on any atom is 0.328 e. The summed E-state index contributed by atoms with van der Waals surface area (Å²) in [5.41, 5.74) is 4.61. The van der Waals surface area contributed by atoms with Crippen molar-refractivity contribution in [3.63, 3.8) is 0 Å². The fraction of sp³-hybridized carbons (Fsp3) is 0.211. The average Bonchev–Trinajstić information content (AvgIpc) is 2.98. The number of nitrogens with zero attached hydrogens (tertiary/aromatic N) is 2. The number of para-hydroxylation sites is 1. The molecule has 2 aromatic heterocycles. The first-order chi connectivity index (χ1) is 12.2. The SMILES string of the molecule is CN[C@@H]1C(=O)OCc2c1cc1n(c2=O)Cc2cc3ccccc3nc2-1. The van der Waals surface area contributed by atoms with E-state index in [4.69, 9.17) is 9.72 Å². The maximum atomic E-state index is 13.0. The number of pyridine rings is 2. The van der Waals surface area contributed by atoms with Gasteiger partial charge in [-0.1, -0.05) is 18.2 Å². The van der Waals surface area contributed by atoms with Crippen molar-refractivity contribution in [1.82, 2.24) is 14.9 Å². The average molecular weight is 333 g/mol. The number of hydrogen-bond donors (Lipinski definition) is 1. The lowest BCUT2D eigenvalue weighted by molar-refractivity contribution is -0.149. The Balaban J connectivity index is 1.79. The second-order valence-corrected chi connectivity index (χ2v) is 6.37. The molecule has 2 aliphatic heterocycles. The number of aromatic nitrogens is 2. The zero-order valence-corrected chi connectivity index (χ0v) is 13.6. The van der Waals surface area contributed by atoms with E-state index in [1.54, 1.807) is 11.6 Å². The predicted octanol–water partition coefficient (Wildman–Crippen LogP) is 1.74. The third-order valence-electron chi connectivity index (χ3n) is 5.00. The van der Waals surface area contributed by atoms with Crippen molar-refractivity contribution in [3.05, 3.63) is 63.4 Å². The number of carbonyl (C=O) groups excluding carboxylic acids is 1. The van der Waals surface area contributed by atoms with Crippen LogP contribution in [0.15, 0.2) is 41.2 Å². The summed E-state index contributed by atoms with van der Waals surface area (Å²) in [5.74, 6) is -0.357. The van der Waals surface area contributed by atoms with Crippen LogP contribution >= 0.6 is 0 Å². The van der Waals surface area contributed by atoms with Crippen LogP contribution in [0.4, 0.5) is 0 Å². The standard InChI is InChI=1S/C19H15N3O3/c1-20-17-12-7-15-16-11(6-10-4-2-3-5-14(10)21-16)8-22(15)18(23)13(12)9-25-19(17)24/h2-7,17,20H,8-9H2,1H3/t17-/m0/s1. The Labute approximate surface area is 143 Å². The van der Waals surface area contributed by atoms with E-state index in [1.165, 1.54) is 0 Å². The summed E-state index contributed by atoms with van der Waals surface area (Å²) in [6, 6.07) is 11.3. The van der Waals surface area contributed by atoms with Gasteiger partial charge in [0, 0.05) is 10.9 Å². The van der Waals surface area contributed by atoms with Crippen molar-refractivity contribution in [2.75, 3.05) is 7.05 Å². The van der Waals surface area contributed by atoms with Gasteiger partial charge in [0.1, 0.15) is 12.6 Å². The first-order valence-electron chi connectivity index (χ1n) is 8.17. The number of benzene rings is 1. The molecule has 0 unspecified atom stereocenters. The Hall–Kier alpha value is -2.99. The number of esters is 1. The van der Waals surface area contributed by atoms with Crippen molar-refractivity contribution < 1.29 is 9.53 Å². The zero-order chi connectivity index (χ0) is 17.1. The predicted molar refractivity (Wildman–Crippen MR) is 92.1 cm³/mol. The van der Waals surface area contributed by atoms with E-state index in [1.807, 2.05) is 30.3 Å². The molecule has 0 spiro atoms. The third-order valence-corrected chi connectivity index (χ3v) is 5.00. The molecule has 6 nitrogen and oxygen atoms in total. The molecule has 6 heteroatoms. The van der Waals surface area contributed by atoms with Gasteiger partial charge in [-0.05, 0) is 30.8 Å². The van der Waals surface area contributed by atoms with Gasteiger partial charge in [0.15, 0.2) is 0 Å². The van der Waals surface area contributed by atoms with E-state index in [0.717, 1.165) is 27.9 Å². The van der Waals surface area contributed by atoms with Crippen LogP contribution in [-0.4, -0.2) is 22.6 Å². The summed E-state index contributed by atoms with van der Waals surface area (Å²) < 4.78 is 6.88. The first kappa shape index (κ1) is 14.4. The van der Waals surface area contributed by atoms with Gasteiger partial charge < -0.3 is 14.6 Å². The quantitative estimate of drug-likeness (QED) is 0.537. The van der Waals surface area contributed by atoms with Gasteiger partial charge in [-0.25, -0.2) is 9.78 Å². The van der Waals surface area contributed by atoms with Gasteiger partial charge in [-0.2, -0.15) is 0 Å². The minimum atomic E-state index is -0.619. The van der Waals surface area contributed by atoms with Crippen molar-refractivity contribution in [2.24, 2.45) is 0 Å². The van der Waals surface area contributed by atoms with Crippen LogP contribution in [0.2, 0.25) is 0 Å². The minimum absolute atomic E-state index is 0.0250. The van der Waals surface area contributed by atoms with Gasteiger partial charge in [-0.3, -0.25) is 4.79 Å². The molecular weight excluding hydrogens is 318 g/mol. The van der Waals surface area contributed by atoms with Gasteiger partial charge in [0.25, 0.3) is 5.56 Å². The lowest BCUT2D eigenvalue weighted by Crippen LogP contribution is -2.37. The van der Waals surface area contributed by atoms with Gasteiger partial charge in [-0.15, -0.1) is 0 Å². The Morgan fingerprint density at radius 3 is 2.92 bits per heavy atom. The second kappa shape index (κ2) is 5.00. The van der Waals surface area contributed by atoms with Crippen LogP contribution in [0.1, 0.15) is 22.7 Å². The van der Waals surface area contributed by atoms with Gasteiger partial charge in [0.2, 0.25) is 0 Å². The molecule has 0 saturated heterocycles. The molecule has 124 valence electrons. The number of hydrogen-bond acceptors (Lipinski definition) is 5. The van der Waals surface area contributed by atoms with E-state index in [0.29, 0.717) is 17.7 Å². The highest BCUT2D eigenvalue weighted by Crippen LogP contribution is 2.34. The van der Waals surface area contributed by atoms with Gasteiger partial charge >= 0.3 is 5.97 Å². The highest BCUT2D eigenvalue weighted by Gasteiger charge is 2.34. The minimum Gasteiger partial charge on any atom is -0.459 e. The summed E-state index contributed by atoms with van der Waals surface area (Å²) >= 11 is 0. The van der Waals surface area contributed by atoms with Crippen molar-refractivity contribution >= 4 is 16.9 Å². The number of likely N-dealkylation sites (N-methyl/N-ethyl adjacent to an activating group) is 1. The fourth-order valence-electron chi connectivity index (χ4n) is 3.76. The lowest BCUT2D eigenvalue weighted by Gasteiger charge is -2.24. The highest BCUT2D eigenvalue weighted by molar-refractivity contribution is 5.85. The molecule has 0 fully saturated rings. The number of nitrogens with one attached hydrogen (secondary N) is 1. The van der Waals surface area contributed by atoms with Crippen LogP contribution in [0.25, 0.3) is 22.3 Å². The van der Waals surface area contributed by atoms with Crippen LogP contribution in [0.3, 0.4) is 0 Å². The molecule has 0 bridgehead atoms. The second-order valence-electron chi connectivity index (χ2n) is 6.37. The van der Waals surface area contributed by atoms with E-state index in [2.05, 4.69) is 11.4 Å². The molecule has 5 rings (SSSR count). The molecule has 3 aromatic rings. The first-order valence-corrected chi connectivity index (χ1v) is 8.17. The Morgan fingerprint density at radius 2 is 2.08 bits per heavy atom. The fourth-order valence-corrected chi connectivity index (χ4v) is 3.76. The molecule has 0 radical (unpaired) electrons. The number of rotatable bonds is 1. The molecule has 2 aliphatic rings.